The Kier molecular flexibility index (Phi) is 8.62. The number of methoxy groups -OCH3 is 1. The Hall–Kier alpha value is -4.66. The summed E-state index contributed by atoms with van der Waals surface area (Å²) in [5, 5.41) is 11.5. The van der Waals surface area contributed by atoms with Crippen LogP contribution < -0.4 is 15.5 Å². The summed E-state index contributed by atoms with van der Waals surface area (Å²) in [6.45, 7) is 7.78. The first-order valence-corrected chi connectivity index (χ1v) is 16.1. The Morgan fingerprint density at radius 1 is 1.10 bits per heavy atom. The third-order valence-electron chi connectivity index (χ3n) is 8.94. The summed E-state index contributed by atoms with van der Waals surface area (Å²) in [6.07, 6.45) is -1.93. The number of halogens is 4. The summed E-state index contributed by atoms with van der Waals surface area (Å²) in [6, 6.07) is 5.91. The Morgan fingerprint density at radius 2 is 1.82 bits per heavy atom. The van der Waals surface area contributed by atoms with Crippen LogP contribution in [0.1, 0.15) is 69.7 Å². The van der Waals surface area contributed by atoms with Crippen molar-refractivity contribution in [3.05, 3.63) is 68.6 Å². The number of ether oxygens (including phenoxy) is 2. The van der Waals surface area contributed by atoms with Crippen molar-refractivity contribution < 1.29 is 32.2 Å². The molecule has 1 aliphatic heterocycles. The van der Waals surface area contributed by atoms with E-state index in [0.717, 1.165) is 18.2 Å². The number of piperidine rings is 1. The summed E-state index contributed by atoms with van der Waals surface area (Å²) in [5.41, 5.74) is -0.712. The molecule has 49 heavy (non-hydrogen) atoms. The lowest BCUT2D eigenvalue weighted by Crippen LogP contribution is -2.47. The van der Waals surface area contributed by atoms with Crippen LogP contribution in [-0.4, -0.2) is 67.2 Å². The van der Waals surface area contributed by atoms with E-state index in [4.69, 9.17) is 21.1 Å². The number of aromatic nitrogens is 5. The number of pyridine rings is 2. The van der Waals surface area contributed by atoms with E-state index in [1.807, 2.05) is 6.92 Å². The van der Waals surface area contributed by atoms with Gasteiger partial charge in [0.25, 0.3) is 0 Å². The van der Waals surface area contributed by atoms with Gasteiger partial charge < -0.3 is 24.3 Å². The minimum atomic E-state index is -4.60. The van der Waals surface area contributed by atoms with E-state index in [2.05, 4.69) is 20.5 Å². The van der Waals surface area contributed by atoms with Crippen LogP contribution in [0.4, 0.5) is 23.7 Å². The number of anilines is 1. The smallest absolute Gasteiger partial charge is 0.416 e. The molecule has 6 rings (SSSR count). The molecule has 1 fully saturated rings. The van der Waals surface area contributed by atoms with Gasteiger partial charge in [-0.2, -0.15) is 13.2 Å². The monoisotopic (exact) mass is 701 g/mol. The van der Waals surface area contributed by atoms with Crippen molar-refractivity contribution in [1.29, 1.82) is 0 Å². The molecular formula is C33H35ClF3N7O5. The van der Waals surface area contributed by atoms with Crippen molar-refractivity contribution in [3.8, 4) is 11.6 Å². The third kappa shape index (κ3) is 6.55. The maximum absolute atomic E-state index is 14.4. The van der Waals surface area contributed by atoms with Gasteiger partial charge >= 0.3 is 12.3 Å². The number of carbonyl (C=O) groups excluding carboxylic acids is 2. The lowest BCUT2D eigenvalue weighted by Gasteiger charge is -2.40. The maximum atomic E-state index is 14.4. The molecule has 2 aliphatic rings. The molecule has 1 saturated heterocycles. The van der Waals surface area contributed by atoms with E-state index in [0.29, 0.717) is 55.2 Å². The Labute approximate surface area is 284 Å². The quantitative estimate of drug-likeness (QED) is 0.265. The maximum Gasteiger partial charge on any atom is 0.416 e. The molecule has 1 N–H and O–H groups in total. The molecule has 0 bridgehead atoms. The second-order valence-electron chi connectivity index (χ2n) is 13.5. The molecule has 1 atom stereocenters. The number of likely N-dealkylation sites (tertiary alicyclic amines) is 1. The topological polar surface area (TPSA) is 133 Å². The summed E-state index contributed by atoms with van der Waals surface area (Å²) < 4.78 is 52.1. The van der Waals surface area contributed by atoms with Gasteiger partial charge in [-0.3, -0.25) is 9.59 Å². The SMILES string of the molecule is COc1cc(-n2nc3c(=O)c4c(n(CC(=O)Nc5ccc(C(F)(F)F)cc5Cl)c3n2)[C@H](C)CC42CCN(C(=O)OC(C)(C)C)CC2)ccn1. The number of alkyl halides is 3. The normalized spacial score (nSPS) is 17.3. The first kappa shape index (κ1) is 34.2. The fourth-order valence-electron chi connectivity index (χ4n) is 6.86. The number of carbonyl (C=O) groups is 2. The highest BCUT2D eigenvalue weighted by Crippen LogP contribution is 2.51. The second-order valence-corrected chi connectivity index (χ2v) is 13.9. The summed E-state index contributed by atoms with van der Waals surface area (Å²) in [7, 11) is 1.46. The number of rotatable bonds is 5. The number of amides is 2. The van der Waals surface area contributed by atoms with Crippen molar-refractivity contribution in [3.63, 3.8) is 0 Å². The second kappa shape index (κ2) is 12.3. The minimum Gasteiger partial charge on any atom is -0.481 e. The standard InChI is InChI=1S/C33H35ClF3N7O5/c1-18-16-32(9-12-42(13-10-32)30(47)49-31(2,3)4)25-27(18)43(17-23(45)39-22-7-6-19(14-21(22)34)33(35,36)37)29-26(28(25)46)40-44(41-29)20-8-11-38-24(15-20)48-5/h6-8,11,14-15,18H,9-10,12-13,16-17H2,1-5H3,(H,39,45)/t18-/m1/s1. The van der Waals surface area contributed by atoms with Crippen molar-refractivity contribution in [1.82, 2.24) is 29.4 Å². The zero-order valence-electron chi connectivity index (χ0n) is 27.5. The van der Waals surface area contributed by atoms with Crippen LogP contribution in [0.25, 0.3) is 16.9 Å². The minimum absolute atomic E-state index is 0.000157. The van der Waals surface area contributed by atoms with Gasteiger partial charge in [0.1, 0.15) is 12.1 Å². The molecule has 16 heteroatoms. The molecule has 12 nitrogen and oxygen atoms in total. The van der Waals surface area contributed by atoms with Crippen LogP contribution in [0.15, 0.2) is 41.3 Å². The van der Waals surface area contributed by atoms with Crippen molar-refractivity contribution >= 4 is 40.5 Å². The lowest BCUT2D eigenvalue weighted by molar-refractivity contribution is -0.137. The van der Waals surface area contributed by atoms with Gasteiger partial charge in [-0.25, -0.2) is 9.78 Å². The van der Waals surface area contributed by atoms with E-state index in [1.54, 1.807) is 42.4 Å². The average Bonchev–Trinajstić information content (AvgIpc) is 3.59. The van der Waals surface area contributed by atoms with Crippen molar-refractivity contribution in [2.45, 2.75) is 76.6 Å². The highest BCUT2D eigenvalue weighted by atomic mass is 35.5. The van der Waals surface area contributed by atoms with Crippen LogP contribution in [0.3, 0.4) is 0 Å². The van der Waals surface area contributed by atoms with Crippen LogP contribution in [0.5, 0.6) is 5.88 Å². The van der Waals surface area contributed by atoms with Crippen LogP contribution in [-0.2, 0) is 27.7 Å². The van der Waals surface area contributed by atoms with E-state index in [-0.39, 0.29) is 39.8 Å². The molecule has 4 heterocycles. The van der Waals surface area contributed by atoms with Gasteiger partial charge in [0, 0.05) is 42.0 Å². The number of hydrogen-bond acceptors (Lipinski definition) is 8. The summed E-state index contributed by atoms with van der Waals surface area (Å²) >= 11 is 6.14. The number of benzene rings is 1. The van der Waals surface area contributed by atoms with Crippen LogP contribution in [0.2, 0.25) is 5.02 Å². The molecule has 4 aromatic rings. The first-order chi connectivity index (χ1) is 23.0. The number of fused-ring (bicyclic) bond motifs is 3. The fraction of sp³-hybridized carbons (Fsp3) is 0.455. The Morgan fingerprint density at radius 3 is 2.45 bits per heavy atom. The van der Waals surface area contributed by atoms with Gasteiger partial charge in [-0.15, -0.1) is 15.0 Å². The molecular weight excluding hydrogens is 667 g/mol. The van der Waals surface area contributed by atoms with Gasteiger partial charge in [0.15, 0.2) is 11.2 Å². The molecule has 0 saturated carbocycles. The number of nitrogens with one attached hydrogen (secondary N) is 1. The Bertz CT molecular complexity index is 2010. The van der Waals surface area contributed by atoms with Crippen molar-refractivity contribution in [2.75, 3.05) is 25.5 Å². The van der Waals surface area contributed by atoms with E-state index in [1.165, 1.54) is 18.1 Å². The molecule has 1 aliphatic carbocycles. The van der Waals surface area contributed by atoms with Crippen LogP contribution in [0, 0.1) is 0 Å². The predicted molar refractivity (Wildman–Crippen MR) is 174 cm³/mol. The third-order valence-corrected chi connectivity index (χ3v) is 9.25. The van der Waals surface area contributed by atoms with E-state index in [9.17, 15) is 27.6 Å². The fourth-order valence-corrected chi connectivity index (χ4v) is 7.08. The van der Waals surface area contributed by atoms with Gasteiger partial charge in [-0.05, 0) is 70.2 Å². The molecule has 260 valence electrons. The van der Waals surface area contributed by atoms with Gasteiger partial charge in [0.2, 0.25) is 17.2 Å². The highest BCUT2D eigenvalue weighted by molar-refractivity contribution is 6.33. The molecule has 0 radical (unpaired) electrons. The summed E-state index contributed by atoms with van der Waals surface area (Å²) in [5.74, 6) is -0.482. The highest BCUT2D eigenvalue weighted by Gasteiger charge is 2.49. The molecule has 1 aromatic carbocycles. The summed E-state index contributed by atoms with van der Waals surface area (Å²) in [4.78, 5) is 47.9. The predicted octanol–water partition coefficient (Wildman–Crippen LogP) is 6.07. The zero-order valence-corrected chi connectivity index (χ0v) is 28.3. The van der Waals surface area contributed by atoms with Crippen molar-refractivity contribution in [2.24, 2.45) is 0 Å². The van der Waals surface area contributed by atoms with Gasteiger partial charge in [-0.1, -0.05) is 18.5 Å². The number of hydrogen-bond donors (Lipinski definition) is 1. The first-order valence-electron chi connectivity index (χ1n) is 15.7. The Balaban J connectivity index is 1.42. The number of nitrogens with zero attached hydrogens (tertiary/aromatic N) is 6. The zero-order chi connectivity index (χ0) is 35.5. The van der Waals surface area contributed by atoms with E-state index < -0.39 is 34.8 Å². The average molecular weight is 702 g/mol. The molecule has 2 amide bonds. The lowest BCUT2D eigenvalue weighted by atomic mass is 9.73. The van der Waals surface area contributed by atoms with Gasteiger partial charge in [0.05, 0.1) is 29.1 Å². The molecule has 0 unspecified atom stereocenters. The molecule has 1 spiro atoms. The molecule has 3 aromatic heterocycles. The van der Waals surface area contributed by atoms with E-state index >= 15 is 0 Å². The largest absolute Gasteiger partial charge is 0.481 e. The van der Waals surface area contributed by atoms with Crippen LogP contribution >= 0.6 is 11.6 Å².